The number of amides is 1. The largest absolute Gasteiger partial charge is 0.326 e. The maximum Gasteiger partial charge on any atom is 0.228 e. The van der Waals surface area contributed by atoms with E-state index in [2.05, 4.69) is 10.6 Å². The van der Waals surface area contributed by atoms with Gasteiger partial charge in [0.25, 0.3) is 0 Å². The summed E-state index contributed by atoms with van der Waals surface area (Å²) < 4.78 is 13.1. The van der Waals surface area contributed by atoms with E-state index in [1.165, 1.54) is 18.2 Å². The van der Waals surface area contributed by atoms with E-state index in [0.29, 0.717) is 12.2 Å². The summed E-state index contributed by atoms with van der Waals surface area (Å²) in [6.07, 6.45) is 0.804. The Hall–Kier alpha value is -1.93. The fourth-order valence-electron chi connectivity index (χ4n) is 1.81. The number of carbonyl (C=O) groups excluding carboxylic acids is 1. The number of anilines is 1. The van der Waals surface area contributed by atoms with E-state index in [9.17, 15) is 9.18 Å². The first-order valence-electron chi connectivity index (χ1n) is 5.42. The molecule has 2 N–H and O–H groups in total. The van der Waals surface area contributed by atoms with E-state index in [1.54, 1.807) is 6.07 Å². The number of carbonyl (C=O) groups is 1. The first-order chi connectivity index (χ1) is 8.20. The first-order valence-corrected chi connectivity index (χ1v) is 5.42. The number of benzene rings is 1. The molecule has 0 aromatic heterocycles. The topological polar surface area (TPSA) is 64.9 Å². The lowest BCUT2D eigenvalue weighted by Crippen LogP contribution is -2.24. The lowest BCUT2D eigenvalue weighted by atomic mass is 10.1. The van der Waals surface area contributed by atoms with Crippen molar-refractivity contribution in [2.24, 2.45) is 5.92 Å². The zero-order valence-electron chi connectivity index (χ0n) is 9.16. The van der Waals surface area contributed by atoms with Crippen LogP contribution in [0.3, 0.4) is 0 Å². The molecule has 88 valence electrons. The minimum atomic E-state index is -0.576. The molecule has 0 radical (unpaired) electrons. The summed E-state index contributed by atoms with van der Waals surface area (Å²) in [5.74, 6) is -0.718. The molecule has 0 aliphatic carbocycles. The fourth-order valence-corrected chi connectivity index (χ4v) is 1.81. The van der Waals surface area contributed by atoms with Gasteiger partial charge in [0.2, 0.25) is 5.91 Å². The van der Waals surface area contributed by atoms with Crippen molar-refractivity contribution in [3.63, 3.8) is 0 Å². The minimum Gasteiger partial charge on any atom is -0.326 e. The van der Waals surface area contributed by atoms with Crippen molar-refractivity contribution in [2.45, 2.75) is 6.42 Å². The van der Waals surface area contributed by atoms with Crippen molar-refractivity contribution in [3.05, 3.63) is 29.6 Å². The second kappa shape index (κ2) is 4.93. The molecular formula is C12H12FN3O. The number of nitriles is 1. The number of hydrogen-bond acceptors (Lipinski definition) is 3. The van der Waals surface area contributed by atoms with Crippen molar-refractivity contribution in [1.29, 1.82) is 5.26 Å². The molecule has 0 spiro atoms. The van der Waals surface area contributed by atoms with Gasteiger partial charge < -0.3 is 10.6 Å². The molecular weight excluding hydrogens is 221 g/mol. The van der Waals surface area contributed by atoms with Crippen LogP contribution in [0.15, 0.2) is 18.2 Å². The summed E-state index contributed by atoms with van der Waals surface area (Å²) in [5, 5.41) is 14.5. The average Bonchev–Trinajstić information content (AvgIpc) is 2.85. The van der Waals surface area contributed by atoms with Gasteiger partial charge in [-0.05, 0) is 31.2 Å². The van der Waals surface area contributed by atoms with Crippen LogP contribution in [0, 0.1) is 23.1 Å². The first kappa shape index (κ1) is 11.6. The number of nitrogens with zero attached hydrogens (tertiary/aromatic N) is 1. The van der Waals surface area contributed by atoms with Gasteiger partial charge in [-0.15, -0.1) is 0 Å². The normalized spacial score (nSPS) is 18.7. The predicted octanol–water partition coefficient (Wildman–Crippen LogP) is 1.25. The van der Waals surface area contributed by atoms with E-state index in [-0.39, 0.29) is 17.4 Å². The zero-order chi connectivity index (χ0) is 12.3. The molecule has 1 aliphatic heterocycles. The van der Waals surface area contributed by atoms with Crippen LogP contribution in [-0.2, 0) is 4.79 Å². The smallest absolute Gasteiger partial charge is 0.228 e. The highest BCUT2D eigenvalue weighted by Crippen LogP contribution is 2.16. The molecule has 1 atom stereocenters. The highest BCUT2D eigenvalue weighted by atomic mass is 19.1. The molecule has 1 amide bonds. The summed E-state index contributed by atoms with van der Waals surface area (Å²) in [5.41, 5.74) is 0.396. The van der Waals surface area contributed by atoms with Crippen molar-refractivity contribution in [2.75, 3.05) is 18.4 Å². The van der Waals surface area contributed by atoms with E-state index < -0.39 is 5.82 Å². The van der Waals surface area contributed by atoms with Gasteiger partial charge in [-0.2, -0.15) is 5.26 Å². The lowest BCUT2D eigenvalue weighted by Gasteiger charge is -2.10. The van der Waals surface area contributed by atoms with Crippen LogP contribution in [0.25, 0.3) is 0 Å². The molecule has 1 aliphatic rings. The number of hydrogen-bond donors (Lipinski definition) is 2. The Bertz CT molecular complexity index is 475. The highest BCUT2D eigenvalue weighted by molar-refractivity contribution is 5.93. The molecule has 1 aromatic carbocycles. The summed E-state index contributed by atoms with van der Waals surface area (Å²) in [7, 11) is 0. The maximum atomic E-state index is 13.1. The summed E-state index contributed by atoms with van der Waals surface area (Å²) in [6, 6.07) is 5.72. The molecule has 0 bridgehead atoms. The van der Waals surface area contributed by atoms with Crippen LogP contribution in [0.2, 0.25) is 0 Å². The molecule has 1 aromatic rings. The van der Waals surface area contributed by atoms with E-state index in [0.717, 1.165) is 13.0 Å². The quantitative estimate of drug-likeness (QED) is 0.807. The maximum absolute atomic E-state index is 13.1. The van der Waals surface area contributed by atoms with Crippen LogP contribution in [0.4, 0.5) is 10.1 Å². The molecule has 17 heavy (non-hydrogen) atoms. The fraction of sp³-hybridized carbons (Fsp3) is 0.333. The predicted molar refractivity (Wildman–Crippen MR) is 60.7 cm³/mol. The SMILES string of the molecule is N#Cc1cc(NC(=O)[C@H]2CCNC2)ccc1F. The molecule has 1 fully saturated rings. The standard InChI is InChI=1S/C12H12FN3O/c13-11-2-1-10(5-9(11)6-14)16-12(17)8-3-4-15-7-8/h1-2,5,8,15H,3-4,7H2,(H,16,17)/t8-/m0/s1. The lowest BCUT2D eigenvalue weighted by molar-refractivity contribution is -0.119. The number of halogens is 1. The van der Waals surface area contributed by atoms with Crippen molar-refractivity contribution in [1.82, 2.24) is 5.32 Å². The average molecular weight is 233 g/mol. The van der Waals surface area contributed by atoms with E-state index >= 15 is 0 Å². The van der Waals surface area contributed by atoms with Gasteiger partial charge in [0, 0.05) is 12.2 Å². The molecule has 1 heterocycles. The van der Waals surface area contributed by atoms with Crippen LogP contribution < -0.4 is 10.6 Å². The minimum absolute atomic E-state index is 0.0504. The summed E-state index contributed by atoms with van der Waals surface area (Å²) in [6.45, 7) is 1.50. The molecule has 1 saturated heterocycles. The van der Waals surface area contributed by atoms with Gasteiger partial charge in [0.15, 0.2) is 0 Å². The summed E-state index contributed by atoms with van der Waals surface area (Å²) >= 11 is 0. The summed E-state index contributed by atoms with van der Waals surface area (Å²) in [4.78, 5) is 11.8. The van der Waals surface area contributed by atoms with Gasteiger partial charge in [-0.1, -0.05) is 0 Å². The Balaban J connectivity index is 2.08. The molecule has 0 saturated carbocycles. The zero-order valence-corrected chi connectivity index (χ0v) is 9.16. The van der Waals surface area contributed by atoms with E-state index in [1.807, 2.05) is 0 Å². The second-order valence-corrected chi connectivity index (χ2v) is 3.99. The molecule has 4 nitrogen and oxygen atoms in total. The van der Waals surface area contributed by atoms with Gasteiger partial charge in [0.05, 0.1) is 11.5 Å². The van der Waals surface area contributed by atoms with Gasteiger partial charge in [-0.3, -0.25) is 4.79 Å². The monoisotopic (exact) mass is 233 g/mol. The third-order valence-electron chi connectivity index (χ3n) is 2.79. The van der Waals surface area contributed by atoms with Crippen LogP contribution >= 0.6 is 0 Å². The Kier molecular flexibility index (Phi) is 3.35. The molecule has 5 heteroatoms. The van der Waals surface area contributed by atoms with Crippen molar-refractivity contribution >= 4 is 11.6 Å². The van der Waals surface area contributed by atoms with Crippen molar-refractivity contribution in [3.8, 4) is 6.07 Å². The van der Waals surface area contributed by atoms with Crippen LogP contribution in [-0.4, -0.2) is 19.0 Å². The Labute approximate surface area is 98.4 Å². The number of rotatable bonds is 2. The Morgan fingerprint density at radius 2 is 2.41 bits per heavy atom. The Morgan fingerprint density at radius 3 is 3.06 bits per heavy atom. The number of nitrogens with one attached hydrogen (secondary N) is 2. The van der Waals surface area contributed by atoms with E-state index in [4.69, 9.17) is 5.26 Å². The molecule has 0 unspecified atom stereocenters. The highest BCUT2D eigenvalue weighted by Gasteiger charge is 2.22. The third-order valence-corrected chi connectivity index (χ3v) is 2.79. The van der Waals surface area contributed by atoms with Crippen LogP contribution in [0.5, 0.6) is 0 Å². The Morgan fingerprint density at radius 1 is 1.59 bits per heavy atom. The van der Waals surface area contributed by atoms with Gasteiger partial charge in [0.1, 0.15) is 11.9 Å². The second-order valence-electron chi connectivity index (χ2n) is 3.99. The van der Waals surface area contributed by atoms with Crippen LogP contribution in [0.1, 0.15) is 12.0 Å². The van der Waals surface area contributed by atoms with Gasteiger partial charge >= 0.3 is 0 Å². The third kappa shape index (κ3) is 2.60. The van der Waals surface area contributed by atoms with Crippen molar-refractivity contribution < 1.29 is 9.18 Å². The molecule has 2 rings (SSSR count). The van der Waals surface area contributed by atoms with Gasteiger partial charge in [-0.25, -0.2) is 4.39 Å².